The minimum absolute atomic E-state index is 0.00721. The summed E-state index contributed by atoms with van der Waals surface area (Å²) in [5.41, 5.74) is 5.08. The molecule has 0 fully saturated rings. The van der Waals surface area contributed by atoms with Crippen LogP contribution in [-0.4, -0.2) is 60.7 Å². The Labute approximate surface area is 242 Å². The predicted molar refractivity (Wildman–Crippen MR) is 157 cm³/mol. The third kappa shape index (κ3) is 7.98. The monoisotopic (exact) mass is 574 g/mol. The van der Waals surface area contributed by atoms with Crippen LogP contribution in [0.5, 0.6) is 0 Å². The number of hydrogen-bond donors (Lipinski definition) is 2. The number of amides is 2. The molecule has 0 bridgehead atoms. The molecule has 41 heavy (non-hydrogen) atoms. The lowest BCUT2D eigenvalue weighted by Gasteiger charge is -2.24. The summed E-state index contributed by atoms with van der Waals surface area (Å²) in [6.45, 7) is 0.0693. The van der Waals surface area contributed by atoms with E-state index in [2.05, 4.69) is 10.6 Å². The zero-order valence-electron chi connectivity index (χ0n) is 23.1. The molecule has 2 unspecified atom stereocenters. The van der Waals surface area contributed by atoms with Gasteiger partial charge >= 0.3 is 6.09 Å². The van der Waals surface area contributed by atoms with Crippen molar-refractivity contribution in [1.29, 1.82) is 0 Å². The van der Waals surface area contributed by atoms with Crippen molar-refractivity contribution in [3.05, 3.63) is 95.6 Å². The smallest absolute Gasteiger partial charge is 0.407 e. The molecule has 0 saturated carbocycles. The van der Waals surface area contributed by atoms with E-state index in [1.165, 1.54) is 0 Å². The molecule has 4 rings (SSSR count). The van der Waals surface area contributed by atoms with Gasteiger partial charge in [-0.1, -0.05) is 78.9 Å². The van der Waals surface area contributed by atoms with Gasteiger partial charge in [0, 0.05) is 18.8 Å². The molecule has 0 aliphatic heterocycles. The van der Waals surface area contributed by atoms with Crippen LogP contribution in [0.3, 0.4) is 0 Å². The number of rotatable bonds is 13. The number of carbonyl (C=O) groups is 4. The van der Waals surface area contributed by atoms with Gasteiger partial charge in [-0.2, -0.15) is 0 Å². The number of fused-ring (bicyclic) bond motifs is 3. The molecular weight excluding hydrogens is 540 g/mol. The van der Waals surface area contributed by atoms with Crippen LogP contribution in [0.4, 0.5) is 4.79 Å². The number of ketones is 1. The molecule has 9 heteroatoms. The number of hydrogen-bond acceptors (Lipinski definition) is 6. The van der Waals surface area contributed by atoms with Gasteiger partial charge in [0.2, 0.25) is 5.91 Å². The maximum Gasteiger partial charge on any atom is 0.407 e. The molecule has 0 spiro atoms. The molecule has 0 saturated heterocycles. The molecule has 1 aliphatic rings. The Morgan fingerprint density at radius 3 is 2.00 bits per heavy atom. The zero-order valence-corrected chi connectivity index (χ0v) is 23.9. The molecule has 2 atom stereocenters. The average molecular weight is 575 g/mol. The van der Waals surface area contributed by atoms with Crippen LogP contribution in [0.2, 0.25) is 0 Å². The fraction of sp³-hybridized carbons (Fsp3) is 0.312. The molecule has 214 valence electrons. The van der Waals surface area contributed by atoms with Crippen LogP contribution in [0.15, 0.2) is 78.9 Å². The van der Waals surface area contributed by atoms with Gasteiger partial charge in [-0.25, -0.2) is 4.79 Å². The van der Waals surface area contributed by atoms with Crippen LogP contribution in [0.25, 0.3) is 11.1 Å². The molecule has 3 aromatic carbocycles. The largest absolute Gasteiger partial charge is 0.548 e. The summed E-state index contributed by atoms with van der Waals surface area (Å²) in [5.74, 6) is -2.06. The molecular formula is C32H34N2O6S. The Hall–Kier alpha value is -4.11. The molecule has 2 amide bonds. The third-order valence-electron chi connectivity index (χ3n) is 7.00. The molecule has 0 heterocycles. The minimum Gasteiger partial charge on any atom is -0.548 e. The Morgan fingerprint density at radius 1 is 0.829 bits per heavy atom. The highest BCUT2D eigenvalue weighted by Gasteiger charge is 2.30. The summed E-state index contributed by atoms with van der Waals surface area (Å²) >= 11 is 0. The van der Waals surface area contributed by atoms with E-state index in [9.17, 15) is 24.3 Å². The van der Waals surface area contributed by atoms with Crippen LogP contribution in [0.1, 0.15) is 35.4 Å². The first-order valence-corrected chi connectivity index (χ1v) is 15.7. The van der Waals surface area contributed by atoms with Gasteiger partial charge in [0.1, 0.15) is 12.6 Å². The third-order valence-corrected chi connectivity index (χ3v) is 7.90. The Bertz CT molecular complexity index is 1350. The maximum atomic E-state index is 13.3. The van der Waals surface area contributed by atoms with Gasteiger partial charge in [0.15, 0.2) is 11.5 Å². The van der Waals surface area contributed by atoms with Crippen LogP contribution in [-0.2, 0) is 36.4 Å². The predicted octanol–water partition coefficient (Wildman–Crippen LogP) is 2.60. The van der Waals surface area contributed by atoms with Crippen molar-refractivity contribution in [3.8, 4) is 11.1 Å². The van der Waals surface area contributed by atoms with E-state index in [1.807, 2.05) is 79.2 Å². The van der Waals surface area contributed by atoms with Gasteiger partial charge in [0.05, 0.1) is 24.5 Å². The summed E-state index contributed by atoms with van der Waals surface area (Å²) in [6, 6.07) is 22.5. The van der Waals surface area contributed by atoms with E-state index in [-0.39, 0.29) is 48.5 Å². The Balaban J connectivity index is 1.43. The van der Waals surface area contributed by atoms with Crippen molar-refractivity contribution in [2.45, 2.75) is 37.3 Å². The SMILES string of the molecule is C[S+](C)CC(=O)CCC(NC(=O)C(Cc1ccccc1)NC(=O)OCC1c2ccccc2-c2ccccc21)C(=O)[O-]. The number of carbonyl (C=O) groups excluding carboxylic acids is 4. The topological polar surface area (TPSA) is 125 Å². The van der Waals surface area contributed by atoms with Gasteiger partial charge < -0.3 is 25.3 Å². The standard InChI is InChI=1S/C32H34N2O6S/c1-41(2)20-22(35)16-17-28(31(37)38)33-30(36)29(18-21-10-4-3-5-11-21)34-32(39)40-19-27-25-14-8-6-12-23(25)24-13-7-9-15-26(24)27/h3-15,27-29H,16-20H2,1-2H3,(H2-,33,34,36,37,38,39). The van der Waals surface area contributed by atoms with E-state index in [0.717, 1.165) is 27.8 Å². The average Bonchev–Trinajstić information content (AvgIpc) is 3.27. The first-order chi connectivity index (χ1) is 19.7. The van der Waals surface area contributed by atoms with E-state index >= 15 is 0 Å². The lowest BCUT2D eigenvalue weighted by molar-refractivity contribution is -0.308. The molecule has 0 aromatic heterocycles. The van der Waals surface area contributed by atoms with Gasteiger partial charge in [-0.15, -0.1) is 0 Å². The Morgan fingerprint density at radius 2 is 1.41 bits per heavy atom. The van der Waals surface area contributed by atoms with Crippen LogP contribution < -0.4 is 15.7 Å². The second kappa shape index (κ2) is 14.0. The molecule has 2 N–H and O–H groups in total. The second-order valence-corrected chi connectivity index (χ2v) is 12.6. The van der Waals surface area contributed by atoms with E-state index < -0.39 is 30.1 Å². The van der Waals surface area contributed by atoms with Crippen LogP contribution >= 0.6 is 0 Å². The fourth-order valence-corrected chi connectivity index (χ4v) is 5.85. The van der Waals surface area contributed by atoms with E-state index in [1.54, 1.807) is 12.1 Å². The lowest BCUT2D eigenvalue weighted by atomic mass is 9.98. The quantitative estimate of drug-likeness (QED) is 0.303. The molecule has 8 nitrogen and oxygen atoms in total. The zero-order chi connectivity index (χ0) is 29.4. The van der Waals surface area contributed by atoms with Crippen molar-refractivity contribution in [2.75, 3.05) is 24.9 Å². The number of carboxylic acids is 1. The Kier molecular flexibility index (Phi) is 10.2. The van der Waals surface area contributed by atoms with E-state index in [4.69, 9.17) is 4.74 Å². The van der Waals surface area contributed by atoms with Crippen molar-refractivity contribution in [1.82, 2.24) is 10.6 Å². The second-order valence-electron chi connectivity index (χ2n) is 10.3. The van der Waals surface area contributed by atoms with Gasteiger partial charge in [-0.3, -0.25) is 9.59 Å². The van der Waals surface area contributed by atoms with Gasteiger partial charge in [-0.05, 0) is 45.1 Å². The number of aliphatic carboxylic acids is 1. The number of Topliss-reactive ketones (excluding diaryl/α,β-unsaturated/α-hetero) is 1. The normalized spacial score (nSPS) is 13.5. The molecule has 0 radical (unpaired) electrons. The number of nitrogens with one attached hydrogen (secondary N) is 2. The number of carboxylic acid groups (broad SMARTS) is 1. The highest BCUT2D eigenvalue weighted by molar-refractivity contribution is 7.96. The fourth-order valence-electron chi connectivity index (χ4n) is 5.06. The summed E-state index contributed by atoms with van der Waals surface area (Å²) in [4.78, 5) is 50.1. The maximum absolute atomic E-state index is 13.3. The molecule has 1 aliphatic carbocycles. The highest BCUT2D eigenvalue weighted by Crippen LogP contribution is 2.44. The molecule has 3 aromatic rings. The summed E-state index contributed by atoms with van der Waals surface area (Å²) < 4.78 is 5.62. The number of ether oxygens (including phenoxy) is 1. The van der Waals surface area contributed by atoms with Crippen molar-refractivity contribution in [3.63, 3.8) is 0 Å². The van der Waals surface area contributed by atoms with Crippen molar-refractivity contribution in [2.24, 2.45) is 0 Å². The van der Waals surface area contributed by atoms with Gasteiger partial charge in [0.25, 0.3) is 0 Å². The van der Waals surface area contributed by atoms with Crippen molar-refractivity contribution < 1.29 is 29.0 Å². The van der Waals surface area contributed by atoms with E-state index in [0.29, 0.717) is 5.75 Å². The summed E-state index contributed by atoms with van der Waals surface area (Å²) in [7, 11) is -0.108. The minimum atomic E-state index is -1.49. The van der Waals surface area contributed by atoms with Crippen LogP contribution in [0, 0.1) is 0 Å². The number of benzene rings is 3. The number of alkyl carbamates (subject to hydrolysis) is 1. The summed E-state index contributed by atoms with van der Waals surface area (Å²) in [5, 5.41) is 16.8. The first-order valence-electron chi connectivity index (χ1n) is 13.5. The first kappa shape index (κ1) is 29.9. The van der Waals surface area contributed by atoms with Crippen molar-refractivity contribution >= 4 is 34.6 Å². The lowest BCUT2D eigenvalue weighted by Crippen LogP contribution is -2.55. The highest BCUT2D eigenvalue weighted by atomic mass is 32.2. The summed E-state index contributed by atoms with van der Waals surface area (Å²) in [6.07, 6.45) is 3.10.